The predicted octanol–water partition coefficient (Wildman–Crippen LogP) is 16.8. The number of aliphatic hydroxyl groups is 3. The Balaban J connectivity index is 0.000000175. The van der Waals surface area contributed by atoms with Gasteiger partial charge in [0, 0.05) is 102 Å². The van der Waals surface area contributed by atoms with Gasteiger partial charge in [-0.15, -0.1) is 0 Å². The zero-order valence-electron chi connectivity index (χ0n) is 56.3. The second kappa shape index (κ2) is 36.5. The summed E-state index contributed by atoms with van der Waals surface area (Å²) in [6, 6.07) is 44.8. The number of carbonyl (C=O) groups is 1. The molecule has 6 aromatic carbocycles. The Labute approximate surface area is 606 Å². The highest BCUT2D eigenvalue weighted by Crippen LogP contribution is 2.40. The summed E-state index contributed by atoms with van der Waals surface area (Å²) >= 11 is 35.8. The van der Waals surface area contributed by atoms with Crippen LogP contribution in [-0.4, -0.2) is 95.8 Å². The first-order valence-corrected chi connectivity index (χ1v) is 33.5. The Morgan fingerprint density at radius 2 is 1.13 bits per heavy atom. The maximum Gasteiger partial charge on any atom is 0.255 e. The van der Waals surface area contributed by atoms with Crippen molar-refractivity contribution < 1.29 is 29.6 Å². The maximum absolute atomic E-state index is 12.5. The van der Waals surface area contributed by atoms with E-state index in [1.54, 1.807) is 108 Å². The summed E-state index contributed by atoms with van der Waals surface area (Å²) in [5.41, 5.74) is 5.43. The number of carbonyl (C=O) groups excluding carboxylic acids is 1. The molecule has 0 bridgehead atoms. The third-order valence-electron chi connectivity index (χ3n) is 15.0. The first-order valence-electron chi connectivity index (χ1n) is 31.2. The minimum Gasteiger partial charge on any atom is -0.466 e. The molecule has 5 heterocycles. The number of rotatable bonds is 18. The second-order valence-corrected chi connectivity index (χ2v) is 27.3. The summed E-state index contributed by atoms with van der Waals surface area (Å²) in [6.45, 7) is 15.2. The molecule has 25 heteroatoms. The third kappa shape index (κ3) is 21.9. The molecule has 0 amide bonds. The number of nitrogens with one attached hydrogen (secondary N) is 1. The van der Waals surface area contributed by atoms with Crippen molar-refractivity contribution in [3.63, 3.8) is 0 Å². The number of aromatic nitrogens is 11. The van der Waals surface area contributed by atoms with E-state index < -0.39 is 29.6 Å². The van der Waals surface area contributed by atoms with E-state index in [2.05, 4.69) is 52.0 Å². The number of aromatic amines is 1. The largest absolute Gasteiger partial charge is 0.466 e. The SMILES string of the molecule is CC(C)(C)C(=O)C(Oc1ccc(Cl)cc1)n1cncn1.CC(C)(C)C(O)C(Oc1ccc(Cl)cc1)n1cncn1.CCCCc1c(C)nc(N(C)C)[nH]c1=O.OC(c1ccc(Cl)cc1)(c1cncnc1)c1ccccc1Cl.OCc1c(-c2ccc(Cl)cc2)ccnc1-c1ccc(Cl)cc1. The van der Waals surface area contributed by atoms with Crippen LogP contribution < -0.4 is 19.9 Å². The van der Waals surface area contributed by atoms with Gasteiger partial charge in [0.1, 0.15) is 54.8 Å². The number of nitrogens with zero attached hydrogens (tertiary/aromatic N) is 11. The fraction of sp³-hybridized carbons (Fsp3) is 0.270. The second-order valence-electron chi connectivity index (χ2n) is 24.7. The molecule has 0 saturated heterocycles. The topological polar surface area (TPSA) is 245 Å². The van der Waals surface area contributed by atoms with E-state index in [0.717, 1.165) is 58.5 Å². The van der Waals surface area contributed by atoms with Crippen LogP contribution in [0.3, 0.4) is 0 Å². The number of hydrogen-bond acceptors (Lipinski definition) is 16. The number of ketones is 1. The Bertz CT molecular complexity index is 4270. The van der Waals surface area contributed by atoms with Crippen molar-refractivity contribution in [2.24, 2.45) is 10.8 Å². The van der Waals surface area contributed by atoms with E-state index >= 15 is 0 Å². The van der Waals surface area contributed by atoms with Gasteiger partial charge in [-0.1, -0.05) is 179 Å². The van der Waals surface area contributed by atoms with E-state index in [9.17, 15) is 24.9 Å². The molecule has 0 saturated carbocycles. The van der Waals surface area contributed by atoms with E-state index in [1.807, 2.05) is 129 Å². The molecule has 11 aromatic rings. The van der Waals surface area contributed by atoms with Crippen molar-refractivity contribution in [3.05, 3.63) is 276 Å². The first kappa shape index (κ1) is 77.7. The third-order valence-corrected chi connectivity index (χ3v) is 16.6. The molecular formula is C74H78Cl6N12O7. The maximum atomic E-state index is 12.5. The molecule has 518 valence electrons. The van der Waals surface area contributed by atoms with Gasteiger partial charge in [-0.2, -0.15) is 10.2 Å². The molecule has 0 spiro atoms. The number of halogens is 6. The fourth-order valence-electron chi connectivity index (χ4n) is 9.54. The molecule has 5 aromatic heterocycles. The van der Waals surface area contributed by atoms with Gasteiger partial charge in [0.05, 0.1) is 12.3 Å². The molecule has 0 aliphatic rings. The van der Waals surface area contributed by atoms with Gasteiger partial charge < -0.3 is 29.7 Å². The molecule has 0 radical (unpaired) electrons. The van der Waals surface area contributed by atoms with Crippen LogP contribution in [-0.2, 0) is 23.4 Å². The van der Waals surface area contributed by atoms with Crippen LogP contribution in [0.15, 0.2) is 207 Å². The van der Waals surface area contributed by atoms with Gasteiger partial charge in [-0.25, -0.2) is 34.3 Å². The molecule has 99 heavy (non-hydrogen) atoms. The Morgan fingerprint density at radius 3 is 1.61 bits per heavy atom. The van der Waals surface area contributed by atoms with Crippen molar-refractivity contribution in [3.8, 4) is 33.9 Å². The number of aryl methyl sites for hydroxylation is 1. The van der Waals surface area contributed by atoms with Crippen LogP contribution in [0.1, 0.15) is 107 Å². The van der Waals surface area contributed by atoms with Gasteiger partial charge in [-0.05, 0) is 139 Å². The van der Waals surface area contributed by atoms with Crippen LogP contribution in [0.5, 0.6) is 11.5 Å². The highest BCUT2D eigenvalue weighted by Gasteiger charge is 2.37. The van der Waals surface area contributed by atoms with Crippen LogP contribution in [0.25, 0.3) is 22.4 Å². The standard InChI is InChI=1S/C18H13Cl2NO.C17H12Cl2N2O.C14H18ClN3O2.C14H16ClN3O2.C11H19N3O/c19-14-5-1-12(2-6-14)16-9-10-21-18(17(16)11-22)13-3-7-15(20)8-4-13;18-14-7-5-12(6-8-14)17(22,13-9-20-11-21-10-13)15-3-1-2-4-16(15)19;2*1-14(2,3)12(19)13(18-9-16-8-17-18)20-11-6-4-10(15)5-7-11;1-5-6-7-9-8(2)12-11(14(3)4)13-10(9)15/h1-10,22H,11H2;1-11,22H;4-9,12-13,19H,1-3H3;4-9,13H,1-3H3;5-7H2,1-4H3,(H,12,13,15). The monoisotopic (exact) mass is 1460 g/mol. The fourth-order valence-corrected chi connectivity index (χ4v) is 10.4. The van der Waals surface area contributed by atoms with Gasteiger partial charge >= 0.3 is 0 Å². The van der Waals surface area contributed by atoms with Crippen molar-refractivity contribution in [1.29, 1.82) is 0 Å². The lowest BCUT2D eigenvalue weighted by molar-refractivity contribution is -0.138. The van der Waals surface area contributed by atoms with Crippen LogP contribution >= 0.6 is 69.6 Å². The Kier molecular flexibility index (Phi) is 28.6. The summed E-state index contributed by atoms with van der Waals surface area (Å²) in [5.74, 6) is 1.70. The minimum atomic E-state index is -1.45. The van der Waals surface area contributed by atoms with Crippen molar-refractivity contribution in [2.45, 2.75) is 105 Å². The summed E-state index contributed by atoms with van der Waals surface area (Å²) in [4.78, 5) is 53.4. The zero-order chi connectivity index (χ0) is 72.0. The smallest absolute Gasteiger partial charge is 0.255 e. The van der Waals surface area contributed by atoms with Crippen LogP contribution in [0.2, 0.25) is 30.1 Å². The van der Waals surface area contributed by atoms with Crippen molar-refractivity contribution >= 4 is 81.3 Å². The van der Waals surface area contributed by atoms with Crippen LogP contribution in [0.4, 0.5) is 5.95 Å². The number of H-pyrrole nitrogens is 1. The number of Topliss-reactive ketones (excluding diaryl/α,β-unsaturated/α-hetero) is 1. The lowest BCUT2D eigenvalue weighted by atomic mass is 9.81. The highest BCUT2D eigenvalue weighted by atomic mass is 35.5. The minimum absolute atomic E-state index is 0.000324. The molecular weight excluding hydrogens is 1380 g/mol. The summed E-state index contributed by atoms with van der Waals surface area (Å²) in [6.07, 6.45) is 12.8. The van der Waals surface area contributed by atoms with Crippen LogP contribution in [0, 0.1) is 17.8 Å². The number of aliphatic hydroxyl groups excluding tert-OH is 2. The molecule has 19 nitrogen and oxygen atoms in total. The predicted molar refractivity (Wildman–Crippen MR) is 393 cm³/mol. The van der Waals surface area contributed by atoms with E-state index in [-0.39, 0.29) is 23.4 Å². The Hall–Kier alpha value is -8.60. The summed E-state index contributed by atoms with van der Waals surface area (Å²) in [7, 11) is 3.73. The highest BCUT2D eigenvalue weighted by molar-refractivity contribution is 6.32. The average molecular weight is 1460 g/mol. The number of unbranched alkanes of at least 4 members (excludes halogenated alkanes) is 1. The van der Waals surface area contributed by atoms with Crippen molar-refractivity contribution in [1.82, 2.24) is 54.4 Å². The molecule has 4 unspecified atom stereocenters. The number of anilines is 1. The quantitative estimate of drug-likeness (QED) is 0.0624. The Morgan fingerprint density at radius 1 is 0.626 bits per heavy atom. The molecule has 4 N–H and O–H groups in total. The molecule has 0 aliphatic carbocycles. The number of ether oxygens (including phenoxy) is 2. The summed E-state index contributed by atoms with van der Waals surface area (Å²) in [5, 5.41) is 43.5. The van der Waals surface area contributed by atoms with E-state index in [0.29, 0.717) is 64.3 Å². The zero-order valence-corrected chi connectivity index (χ0v) is 60.8. The van der Waals surface area contributed by atoms with E-state index in [4.69, 9.17) is 79.1 Å². The number of benzene rings is 6. The number of pyridine rings is 1. The van der Waals surface area contributed by atoms with E-state index in [1.165, 1.54) is 41.0 Å². The van der Waals surface area contributed by atoms with Gasteiger partial charge in [0.15, 0.2) is 0 Å². The lowest BCUT2D eigenvalue weighted by Crippen LogP contribution is -2.38. The first-order chi connectivity index (χ1) is 47.1. The molecule has 0 fully saturated rings. The van der Waals surface area contributed by atoms with Gasteiger partial charge in [-0.3, -0.25) is 19.6 Å². The average Bonchev–Trinajstić information content (AvgIpc) is 1.27. The molecule has 0 aliphatic heterocycles. The van der Waals surface area contributed by atoms with Gasteiger partial charge in [0.25, 0.3) is 11.8 Å². The van der Waals surface area contributed by atoms with Crippen molar-refractivity contribution in [2.75, 3.05) is 19.0 Å². The summed E-state index contributed by atoms with van der Waals surface area (Å²) < 4.78 is 14.5. The lowest BCUT2D eigenvalue weighted by Gasteiger charge is -2.32. The number of hydrogen-bond donors (Lipinski definition) is 4. The van der Waals surface area contributed by atoms with Gasteiger partial charge in [0.2, 0.25) is 18.0 Å². The molecule has 11 rings (SSSR count). The normalized spacial score (nSPS) is 12.6. The molecule has 4 atom stereocenters.